The Labute approximate surface area is 129 Å². The fourth-order valence-corrected chi connectivity index (χ4v) is 3.21. The molecule has 1 fully saturated rings. The van der Waals surface area contributed by atoms with Crippen molar-refractivity contribution >= 4 is 5.91 Å². The summed E-state index contributed by atoms with van der Waals surface area (Å²) in [6.45, 7) is 4.77. The van der Waals surface area contributed by atoms with Crippen molar-refractivity contribution in [2.75, 3.05) is 6.54 Å². The molecule has 0 aliphatic carbocycles. The van der Waals surface area contributed by atoms with Crippen LogP contribution >= 0.6 is 0 Å². The van der Waals surface area contributed by atoms with Crippen LogP contribution in [0, 0.1) is 13.8 Å². The molecule has 22 heavy (non-hydrogen) atoms. The molecule has 7 nitrogen and oxygen atoms in total. The van der Waals surface area contributed by atoms with Gasteiger partial charge in [-0.25, -0.2) is 4.98 Å². The number of nitrogens with zero attached hydrogens (tertiary/aromatic N) is 4. The lowest BCUT2D eigenvalue weighted by atomic mass is 10.00. The van der Waals surface area contributed by atoms with Gasteiger partial charge in [-0.1, -0.05) is 0 Å². The van der Waals surface area contributed by atoms with E-state index in [1.165, 1.54) is 6.33 Å². The molecule has 2 N–H and O–H groups in total. The molecule has 1 unspecified atom stereocenters. The lowest BCUT2D eigenvalue weighted by Crippen LogP contribution is -2.39. The molecule has 1 atom stereocenters. The average molecular weight is 302 g/mol. The van der Waals surface area contributed by atoms with Crippen molar-refractivity contribution in [2.45, 2.75) is 52.0 Å². The highest BCUT2D eigenvalue weighted by Gasteiger charge is 2.29. The summed E-state index contributed by atoms with van der Waals surface area (Å²) in [5.41, 5.74) is 3.19. The molecule has 2 aromatic heterocycles. The minimum Gasteiger partial charge on any atom is -0.332 e. The van der Waals surface area contributed by atoms with Crippen molar-refractivity contribution in [3.05, 3.63) is 29.1 Å². The minimum atomic E-state index is 0.0373. The Morgan fingerprint density at radius 1 is 1.36 bits per heavy atom. The zero-order chi connectivity index (χ0) is 15.5. The molecule has 0 bridgehead atoms. The van der Waals surface area contributed by atoms with Crippen molar-refractivity contribution < 1.29 is 4.79 Å². The van der Waals surface area contributed by atoms with Crippen LogP contribution in [-0.4, -0.2) is 42.7 Å². The van der Waals surface area contributed by atoms with E-state index in [0.29, 0.717) is 6.42 Å². The van der Waals surface area contributed by atoms with Crippen LogP contribution in [0.2, 0.25) is 0 Å². The molecule has 0 aromatic carbocycles. The Bertz CT molecular complexity index is 613. The highest BCUT2D eigenvalue weighted by molar-refractivity contribution is 5.77. The van der Waals surface area contributed by atoms with Gasteiger partial charge >= 0.3 is 0 Å². The van der Waals surface area contributed by atoms with E-state index < -0.39 is 0 Å². The van der Waals surface area contributed by atoms with Crippen LogP contribution in [0.4, 0.5) is 0 Å². The van der Waals surface area contributed by atoms with E-state index in [1.807, 2.05) is 18.7 Å². The number of rotatable bonds is 4. The second-order valence-corrected chi connectivity index (χ2v) is 5.88. The lowest BCUT2D eigenvalue weighted by Gasteiger charge is -2.34. The average Bonchev–Trinajstić information content (AvgIpc) is 3.16. The second-order valence-electron chi connectivity index (χ2n) is 5.88. The molecule has 3 heterocycles. The molecule has 3 rings (SSSR count). The highest BCUT2D eigenvalue weighted by atomic mass is 16.2. The van der Waals surface area contributed by atoms with Gasteiger partial charge in [0.25, 0.3) is 0 Å². The van der Waals surface area contributed by atoms with Gasteiger partial charge in [0.2, 0.25) is 5.91 Å². The molecule has 1 amide bonds. The van der Waals surface area contributed by atoms with Crippen molar-refractivity contribution in [3.63, 3.8) is 0 Å². The molecule has 2 aromatic rings. The van der Waals surface area contributed by atoms with Crippen molar-refractivity contribution in [3.8, 4) is 0 Å². The van der Waals surface area contributed by atoms with Crippen molar-refractivity contribution in [1.29, 1.82) is 0 Å². The van der Waals surface area contributed by atoms with E-state index >= 15 is 0 Å². The number of aromatic amines is 2. The number of hydrogen-bond acceptors (Lipinski definition) is 4. The molecule has 1 aliphatic heterocycles. The highest BCUT2D eigenvalue weighted by Crippen LogP contribution is 2.29. The van der Waals surface area contributed by atoms with Crippen molar-refractivity contribution in [1.82, 2.24) is 30.3 Å². The van der Waals surface area contributed by atoms with Gasteiger partial charge in [-0.3, -0.25) is 15.0 Å². The molecule has 7 heteroatoms. The van der Waals surface area contributed by atoms with Crippen LogP contribution in [0.25, 0.3) is 0 Å². The van der Waals surface area contributed by atoms with Crippen molar-refractivity contribution in [2.24, 2.45) is 0 Å². The Kier molecular flexibility index (Phi) is 4.22. The van der Waals surface area contributed by atoms with Crippen LogP contribution < -0.4 is 0 Å². The number of H-pyrrole nitrogens is 2. The normalized spacial score (nSPS) is 18.6. The second kappa shape index (κ2) is 6.29. The predicted molar refractivity (Wildman–Crippen MR) is 81.1 cm³/mol. The first-order chi connectivity index (χ1) is 10.7. The third-order valence-corrected chi connectivity index (χ3v) is 4.44. The molecule has 1 aliphatic rings. The summed E-state index contributed by atoms with van der Waals surface area (Å²) < 4.78 is 0. The smallest absolute Gasteiger partial charge is 0.223 e. The van der Waals surface area contributed by atoms with Crippen LogP contribution in [0.15, 0.2) is 6.33 Å². The summed E-state index contributed by atoms with van der Waals surface area (Å²) >= 11 is 0. The Morgan fingerprint density at radius 2 is 2.23 bits per heavy atom. The van der Waals surface area contributed by atoms with Crippen LogP contribution in [0.5, 0.6) is 0 Å². The van der Waals surface area contributed by atoms with E-state index in [0.717, 1.165) is 55.0 Å². The van der Waals surface area contributed by atoms with Gasteiger partial charge in [-0.05, 0) is 45.1 Å². The van der Waals surface area contributed by atoms with Gasteiger partial charge in [0.15, 0.2) is 0 Å². The SMILES string of the molecule is Cc1n[nH]c(C)c1CCC(=O)N1CCCCC1c1ncn[nH]1. The van der Waals surface area contributed by atoms with E-state index in [1.54, 1.807) is 0 Å². The summed E-state index contributed by atoms with van der Waals surface area (Å²) in [5.74, 6) is 0.977. The molecule has 0 spiro atoms. The number of carbonyl (C=O) groups is 1. The molecular formula is C15H22N6O. The Hall–Kier alpha value is -2.18. The number of amides is 1. The van der Waals surface area contributed by atoms with Crippen LogP contribution in [-0.2, 0) is 11.2 Å². The summed E-state index contributed by atoms with van der Waals surface area (Å²) in [6, 6.07) is 0.0373. The Morgan fingerprint density at radius 3 is 2.91 bits per heavy atom. The lowest BCUT2D eigenvalue weighted by molar-refractivity contribution is -0.135. The molecular weight excluding hydrogens is 280 g/mol. The van der Waals surface area contributed by atoms with Crippen LogP contribution in [0.1, 0.15) is 54.5 Å². The van der Waals surface area contributed by atoms with Gasteiger partial charge in [-0.2, -0.15) is 10.2 Å². The number of hydrogen-bond donors (Lipinski definition) is 2. The first-order valence-electron chi connectivity index (χ1n) is 7.82. The summed E-state index contributed by atoms with van der Waals surface area (Å²) in [5, 5.41) is 14.0. The van der Waals surface area contributed by atoms with Crippen LogP contribution in [0.3, 0.4) is 0 Å². The van der Waals surface area contributed by atoms with E-state index in [4.69, 9.17) is 0 Å². The van der Waals surface area contributed by atoms with Gasteiger partial charge < -0.3 is 4.90 Å². The largest absolute Gasteiger partial charge is 0.332 e. The van der Waals surface area contributed by atoms with Gasteiger partial charge in [-0.15, -0.1) is 0 Å². The van der Waals surface area contributed by atoms with Gasteiger partial charge in [0, 0.05) is 18.7 Å². The molecule has 0 saturated carbocycles. The number of piperidine rings is 1. The maximum atomic E-state index is 12.7. The minimum absolute atomic E-state index is 0.0373. The summed E-state index contributed by atoms with van der Waals surface area (Å²) in [4.78, 5) is 18.8. The molecule has 118 valence electrons. The number of carbonyl (C=O) groups excluding carboxylic acids is 1. The zero-order valence-corrected chi connectivity index (χ0v) is 13.1. The zero-order valence-electron chi connectivity index (χ0n) is 13.1. The molecule has 0 radical (unpaired) electrons. The quantitative estimate of drug-likeness (QED) is 0.901. The topological polar surface area (TPSA) is 90.6 Å². The Balaban J connectivity index is 1.67. The fourth-order valence-electron chi connectivity index (χ4n) is 3.21. The third kappa shape index (κ3) is 2.88. The number of nitrogens with one attached hydrogen (secondary N) is 2. The monoisotopic (exact) mass is 302 g/mol. The summed E-state index contributed by atoms with van der Waals surface area (Å²) in [7, 11) is 0. The van der Waals surface area contributed by atoms with Gasteiger partial charge in [0.05, 0.1) is 11.7 Å². The third-order valence-electron chi connectivity index (χ3n) is 4.44. The maximum absolute atomic E-state index is 12.7. The first kappa shape index (κ1) is 14.7. The number of likely N-dealkylation sites (tertiary alicyclic amines) is 1. The number of aromatic nitrogens is 5. The standard InChI is InChI=1S/C15H22N6O/c1-10-12(11(2)19-18-10)6-7-14(22)21-8-4-3-5-13(21)15-16-9-17-20-15/h9,13H,3-8H2,1-2H3,(H,18,19)(H,16,17,20). The maximum Gasteiger partial charge on any atom is 0.223 e. The van der Waals surface area contributed by atoms with E-state index in [-0.39, 0.29) is 11.9 Å². The number of aryl methyl sites for hydroxylation is 2. The van der Waals surface area contributed by atoms with Gasteiger partial charge in [0.1, 0.15) is 12.2 Å². The first-order valence-corrected chi connectivity index (χ1v) is 7.82. The summed E-state index contributed by atoms with van der Waals surface area (Å²) in [6.07, 6.45) is 5.86. The van der Waals surface area contributed by atoms with E-state index in [9.17, 15) is 4.79 Å². The fraction of sp³-hybridized carbons (Fsp3) is 0.600. The molecule has 1 saturated heterocycles. The van der Waals surface area contributed by atoms with E-state index in [2.05, 4.69) is 25.4 Å². The predicted octanol–water partition coefficient (Wildman–Crippen LogP) is 1.83.